The average Bonchev–Trinajstić information content (AvgIpc) is 2.86. The van der Waals surface area contributed by atoms with E-state index in [-0.39, 0.29) is 11.3 Å². The predicted molar refractivity (Wildman–Crippen MR) is 134 cm³/mol. The molecule has 0 radical (unpaired) electrons. The van der Waals surface area contributed by atoms with Gasteiger partial charge in [-0.3, -0.25) is 9.59 Å². The van der Waals surface area contributed by atoms with Crippen LogP contribution in [0.4, 0.5) is 5.69 Å². The second kappa shape index (κ2) is 11.8. The monoisotopic (exact) mass is 539 g/mol. The fourth-order valence-corrected chi connectivity index (χ4v) is 3.32. The first-order valence-corrected chi connectivity index (χ1v) is 11.1. The molecule has 0 spiro atoms. The SMILES string of the molecule is COc1ccc(C(=O)Oc2ccc(Br)cc2C=NNC(=O)C(=O)Nc2ccccc2C)cc1OC. The first kappa shape index (κ1) is 25.4. The van der Waals surface area contributed by atoms with Crippen LogP contribution in [0.1, 0.15) is 21.5 Å². The number of methoxy groups -OCH3 is 2. The second-order valence-electron chi connectivity index (χ2n) is 7.11. The van der Waals surface area contributed by atoms with Crippen molar-refractivity contribution in [2.24, 2.45) is 5.10 Å². The lowest BCUT2D eigenvalue weighted by Crippen LogP contribution is -2.32. The zero-order valence-electron chi connectivity index (χ0n) is 19.1. The van der Waals surface area contributed by atoms with Gasteiger partial charge in [-0.25, -0.2) is 10.2 Å². The number of anilines is 1. The van der Waals surface area contributed by atoms with Gasteiger partial charge in [-0.2, -0.15) is 5.10 Å². The molecule has 0 saturated carbocycles. The highest BCUT2D eigenvalue weighted by Gasteiger charge is 2.16. The Morgan fingerprint density at radius 1 is 0.886 bits per heavy atom. The Morgan fingerprint density at radius 3 is 2.31 bits per heavy atom. The Morgan fingerprint density at radius 2 is 1.60 bits per heavy atom. The van der Waals surface area contributed by atoms with E-state index in [0.29, 0.717) is 27.2 Å². The van der Waals surface area contributed by atoms with E-state index < -0.39 is 17.8 Å². The lowest BCUT2D eigenvalue weighted by molar-refractivity contribution is -0.136. The number of amides is 2. The molecule has 0 aliphatic rings. The number of nitrogens with zero attached hydrogens (tertiary/aromatic N) is 1. The molecule has 3 aromatic carbocycles. The van der Waals surface area contributed by atoms with Crippen LogP contribution in [0.15, 0.2) is 70.2 Å². The molecular weight excluding hydrogens is 518 g/mol. The molecule has 0 aromatic heterocycles. The van der Waals surface area contributed by atoms with Crippen molar-refractivity contribution in [3.8, 4) is 17.2 Å². The van der Waals surface area contributed by atoms with E-state index in [1.807, 2.05) is 19.1 Å². The number of esters is 1. The number of hydrogen-bond donors (Lipinski definition) is 2. The van der Waals surface area contributed by atoms with Crippen molar-refractivity contribution in [3.63, 3.8) is 0 Å². The highest BCUT2D eigenvalue weighted by atomic mass is 79.9. The minimum absolute atomic E-state index is 0.190. The molecule has 0 aliphatic heterocycles. The van der Waals surface area contributed by atoms with Gasteiger partial charge < -0.3 is 19.5 Å². The van der Waals surface area contributed by atoms with E-state index in [1.165, 1.54) is 26.5 Å². The lowest BCUT2D eigenvalue weighted by atomic mass is 10.2. The average molecular weight is 540 g/mol. The van der Waals surface area contributed by atoms with Crippen LogP contribution in [0.5, 0.6) is 17.2 Å². The van der Waals surface area contributed by atoms with Gasteiger partial charge in [0, 0.05) is 15.7 Å². The molecule has 0 aliphatic carbocycles. The summed E-state index contributed by atoms with van der Waals surface area (Å²) in [4.78, 5) is 37.0. The van der Waals surface area contributed by atoms with Gasteiger partial charge in [0.05, 0.1) is 26.0 Å². The minimum atomic E-state index is -0.955. The van der Waals surface area contributed by atoms with Crippen LogP contribution in [0.25, 0.3) is 0 Å². The summed E-state index contributed by atoms with van der Waals surface area (Å²) in [6, 6.07) is 16.6. The third-order valence-corrected chi connectivity index (χ3v) is 5.26. The van der Waals surface area contributed by atoms with Crippen LogP contribution < -0.4 is 25.0 Å². The first-order valence-electron chi connectivity index (χ1n) is 10.3. The Hall–Kier alpha value is -4.18. The van der Waals surface area contributed by atoms with Crippen LogP contribution in [0, 0.1) is 6.92 Å². The highest BCUT2D eigenvalue weighted by Crippen LogP contribution is 2.29. The summed E-state index contributed by atoms with van der Waals surface area (Å²) in [6.07, 6.45) is 1.26. The van der Waals surface area contributed by atoms with Gasteiger partial charge in [-0.15, -0.1) is 0 Å². The molecule has 0 saturated heterocycles. The number of para-hydroxylation sites is 1. The molecule has 0 unspecified atom stereocenters. The number of carbonyl (C=O) groups is 3. The van der Waals surface area contributed by atoms with Crippen molar-refractivity contribution in [2.75, 3.05) is 19.5 Å². The first-order chi connectivity index (χ1) is 16.8. The topological polar surface area (TPSA) is 115 Å². The summed E-state index contributed by atoms with van der Waals surface area (Å²) in [5, 5.41) is 6.34. The van der Waals surface area contributed by atoms with Gasteiger partial charge in [0.25, 0.3) is 0 Å². The fourth-order valence-electron chi connectivity index (χ4n) is 2.94. The quantitative estimate of drug-likeness (QED) is 0.154. The number of ether oxygens (including phenoxy) is 3. The molecule has 3 rings (SSSR count). The van der Waals surface area contributed by atoms with Gasteiger partial charge >= 0.3 is 17.8 Å². The Balaban J connectivity index is 1.70. The Labute approximate surface area is 210 Å². The number of halogens is 1. The van der Waals surface area contributed by atoms with Crippen LogP contribution in [-0.2, 0) is 9.59 Å². The number of rotatable bonds is 7. The molecule has 3 aromatic rings. The molecule has 0 atom stereocenters. The zero-order valence-corrected chi connectivity index (χ0v) is 20.7. The number of hydrogen-bond acceptors (Lipinski definition) is 7. The molecule has 35 heavy (non-hydrogen) atoms. The van der Waals surface area contributed by atoms with Crippen molar-refractivity contribution in [3.05, 3.63) is 81.8 Å². The number of aryl methyl sites for hydroxylation is 1. The van der Waals surface area contributed by atoms with Crippen molar-refractivity contribution >= 4 is 45.6 Å². The van der Waals surface area contributed by atoms with E-state index in [9.17, 15) is 14.4 Å². The zero-order chi connectivity index (χ0) is 25.4. The molecule has 2 N–H and O–H groups in total. The van der Waals surface area contributed by atoms with E-state index >= 15 is 0 Å². The highest BCUT2D eigenvalue weighted by molar-refractivity contribution is 9.10. The van der Waals surface area contributed by atoms with Gasteiger partial charge in [-0.1, -0.05) is 34.1 Å². The molecule has 0 fully saturated rings. The van der Waals surface area contributed by atoms with Crippen LogP contribution in [0.2, 0.25) is 0 Å². The molecule has 0 bridgehead atoms. The summed E-state index contributed by atoms with van der Waals surface area (Å²) in [7, 11) is 2.96. The Kier molecular flexibility index (Phi) is 8.58. The second-order valence-corrected chi connectivity index (χ2v) is 8.03. The maximum atomic E-state index is 12.7. The summed E-state index contributed by atoms with van der Waals surface area (Å²) in [6.45, 7) is 1.81. The lowest BCUT2D eigenvalue weighted by Gasteiger charge is -2.11. The van der Waals surface area contributed by atoms with Gasteiger partial charge in [0.2, 0.25) is 0 Å². The maximum Gasteiger partial charge on any atom is 0.343 e. The van der Waals surface area contributed by atoms with Crippen LogP contribution in [-0.4, -0.2) is 38.2 Å². The van der Waals surface area contributed by atoms with Crippen molar-refractivity contribution < 1.29 is 28.6 Å². The predicted octanol–water partition coefficient (Wildman–Crippen LogP) is 4.08. The van der Waals surface area contributed by atoms with Gasteiger partial charge in [0.15, 0.2) is 11.5 Å². The number of hydrazone groups is 1. The maximum absolute atomic E-state index is 12.7. The standard InChI is InChI=1S/C25H22BrN3O6/c1-15-6-4-5-7-19(15)28-23(30)24(31)29-27-14-17-12-18(26)9-11-20(17)35-25(32)16-8-10-21(33-2)22(13-16)34-3/h4-14H,1-3H3,(H,28,30)(H,29,31). The van der Waals surface area contributed by atoms with Crippen molar-refractivity contribution in [1.82, 2.24) is 5.43 Å². The molecule has 0 heterocycles. The molecule has 9 nitrogen and oxygen atoms in total. The van der Waals surface area contributed by atoms with E-state index in [0.717, 1.165) is 5.56 Å². The normalized spacial score (nSPS) is 10.5. The third kappa shape index (κ3) is 6.67. The number of nitrogens with one attached hydrogen (secondary N) is 2. The Bertz CT molecular complexity index is 1290. The van der Waals surface area contributed by atoms with Crippen LogP contribution >= 0.6 is 15.9 Å². The number of benzene rings is 3. The van der Waals surface area contributed by atoms with Crippen molar-refractivity contribution in [2.45, 2.75) is 6.92 Å². The smallest absolute Gasteiger partial charge is 0.343 e. The summed E-state index contributed by atoms with van der Waals surface area (Å²) in [5.74, 6) is -1.41. The molecule has 2 amide bonds. The van der Waals surface area contributed by atoms with E-state index in [4.69, 9.17) is 14.2 Å². The third-order valence-electron chi connectivity index (χ3n) is 4.76. The molecule has 180 valence electrons. The van der Waals surface area contributed by atoms with Gasteiger partial charge in [-0.05, 0) is 55.0 Å². The summed E-state index contributed by atoms with van der Waals surface area (Å²) in [5.41, 5.74) is 4.12. The minimum Gasteiger partial charge on any atom is -0.493 e. The molecular formula is C25H22BrN3O6. The summed E-state index contributed by atoms with van der Waals surface area (Å²) >= 11 is 3.35. The van der Waals surface area contributed by atoms with Crippen LogP contribution in [0.3, 0.4) is 0 Å². The van der Waals surface area contributed by atoms with Crippen molar-refractivity contribution in [1.29, 1.82) is 0 Å². The number of carbonyl (C=O) groups excluding carboxylic acids is 3. The van der Waals surface area contributed by atoms with Gasteiger partial charge in [0.1, 0.15) is 5.75 Å². The van der Waals surface area contributed by atoms with E-state index in [1.54, 1.807) is 42.5 Å². The summed E-state index contributed by atoms with van der Waals surface area (Å²) < 4.78 is 16.6. The van der Waals surface area contributed by atoms with E-state index in [2.05, 4.69) is 31.8 Å². The largest absolute Gasteiger partial charge is 0.493 e. The fraction of sp³-hybridized carbons (Fsp3) is 0.120. The molecule has 10 heteroatoms.